The van der Waals surface area contributed by atoms with E-state index < -0.39 is 0 Å². The molecule has 0 bridgehead atoms. The van der Waals surface area contributed by atoms with Crippen molar-refractivity contribution < 1.29 is 5.11 Å². The van der Waals surface area contributed by atoms with Crippen LogP contribution in [0.2, 0.25) is 0 Å². The first-order valence-corrected chi connectivity index (χ1v) is 6.04. The highest BCUT2D eigenvalue weighted by atomic mass is 16.3. The molecule has 13 heavy (non-hydrogen) atoms. The summed E-state index contributed by atoms with van der Waals surface area (Å²) < 4.78 is 0. The fraction of sp³-hybridized carbons (Fsp3) is 1.00. The van der Waals surface area contributed by atoms with Gasteiger partial charge in [0.05, 0.1) is 6.10 Å². The predicted octanol–water partition coefficient (Wildman–Crippen LogP) is 2.58. The number of rotatable bonds is 0. The topological polar surface area (TPSA) is 20.2 Å². The van der Waals surface area contributed by atoms with Crippen molar-refractivity contribution in [3.05, 3.63) is 0 Å². The monoisotopic (exact) mass is 180 g/mol. The summed E-state index contributed by atoms with van der Waals surface area (Å²) in [4.78, 5) is 0. The minimum Gasteiger partial charge on any atom is -0.393 e. The number of aliphatic hydroxyl groups is 1. The Morgan fingerprint density at radius 3 is 2.38 bits per heavy atom. The molecule has 0 aromatic heterocycles. The fourth-order valence-electron chi connectivity index (χ4n) is 4.43. The van der Waals surface area contributed by atoms with Crippen molar-refractivity contribution in [2.45, 2.75) is 51.0 Å². The summed E-state index contributed by atoms with van der Waals surface area (Å²) in [5, 5.41) is 10.0. The molecule has 3 saturated carbocycles. The van der Waals surface area contributed by atoms with Gasteiger partial charge in [0.15, 0.2) is 0 Å². The highest BCUT2D eigenvalue weighted by Gasteiger charge is 2.47. The van der Waals surface area contributed by atoms with Gasteiger partial charge in [0.1, 0.15) is 0 Å². The molecule has 0 heterocycles. The highest BCUT2D eigenvalue weighted by molar-refractivity contribution is 4.97. The number of fused-ring (bicyclic) bond motifs is 3. The third kappa shape index (κ3) is 1.16. The van der Waals surface area contributed by atoms with Crippen molar-refractivity contribution in [3.8, 4) is 0 Å². The van der Waals surface area contributed by atoms with Crippen molar-refractivity contribution in [2.75, 3.05) is 0 Å². The molecule has 74 valence electrons. The number of aliphatic hydroxyl groups excluding tert-OH is 1. The van der Waals surface area contributed by atoms with E-state index in [1.54, 1.807) is 0 Å². The molecule has 5 atom stereocenters. The summed E-state index contributed by atoms with van der Waals surface area (Å²) in [7, 11) is 0. The molecule has 3 aliphatic carbocycles. The van der Waals surface area contributed by atoms with Crippen LogP contribution in [-0.4, -0.2) is 11.2 Å². The Labute approximate surface area is 80.5 Å². The van der Waals surface area contributed by atoms with Crippen LogP contribution in [0.15, 0.2) is 0 Å². The Morgan fingerprint density at radius 1 is 0.769 bits per heavy atom. The normalized spacial score (nSPS) is 54.7. The van der Waals surface area contributed by atoms with E-state index in [2.05, 4.69) is 0 Å². The van der Waals surface area contributed by atoms with Crippen LogP contribution in [0.3, 0.4) is 0 Å². The number of hydrogen-bond acceptors (Lipinski definition) is 1. The quantitative estimate of drug-likeness (QED) is 0.607. The Morgan fingerprint density at radius 2 is 1.46 bits per heavy atom. The van der Waals surface area contributed by atoms with Crippen LogP contribution in [0.4, 0.5) is 0 Å². The van der Waals surface area contributed by atoms with Gasteiger partial charge < -0.3 is 5.11 Å². The second-order valence-electron chi connectivity index (χ2n) is 5.42. The molecule has 0 amide bonds. The Bertz CT molecular complexity index is 201. The van der Waals surface area contributed by atoms with E-state index in [9.17, 15) is 5.11 Å². The molecular weight excluding hydrogens is 160 g/mol. The first-order valence-electron chi connectivity index (χ1n) is 6.04. The van der Waals surface area contributed by atoms with E-state index in [1.165, 1.54) is 38.5 Å². The largest absolute Gasteiger partial charge is 0.393 e. The summed E-state index contributed by atoms with van der Waals surface area (Å²) in [5.41, 5.74) is 0. The smallest absolute Gasteiger partial charge is 0.0573 e. The van der Waals surface area contributed by atoms with Crippen LogP contribution in [0.5, 0.6) is 0 Å². The standard InChI is InChI=1S/C12H20O/c13-12-7-8-3-1-4-9(8)10-5-2-6-11(10)12/h8-13H,1-7H2/t8-,9+,10-,11-,12+/m0/s1. The maximum atomic E-state index is 10.0. The third-order valence-corrected chi connectivity index (χ3v) is 4.93. The van der Waals surface area contributed by atoms with Gasteiger partial charge in [-0.3, -0.25) is 0 Å². The van der Waals surface area contributed by atoms with E-state index in [-0.39, 0.29) is 6.10 Å². The van der Waals surface area contributed by atoms with Crippen molar-refractivity contribution in [1.82, 2.24) is 0 Å². The lowest BCUT2D eigenvalue weighted by Gasteiger charge is -2.39. The molecule has 1 heteroatoms. The summed E-state index contributed by atoms with van der Waals surface area (Å²) in [6.07, 6.45) is 9.63. The number of hydrogen-bond donors (Lipinski definition) is 1. The third-order valence-electron chi connectivity index (χ3n) is 4.93. The summed E-state index contributed by atoms with van der Waals surface area (Å²) in [6.45, 7) is 0. The van der Waals surface area contributed by atoms with Crippen molar-refractivity contribution in [2.24, 2.45) is 23.7 Å². The van der Waals surface area contributed by atoms with E-state index >= 15 is 0 Å². The minimum absolute atomic E-state index is 0.0619. The Hall–Kier alpha value is -0.0400. The molecule has 1 nitrogen and oxygen atoms in total. The zero-order chi connectivity index (χ0) is 8.84. The summed E-state index contributed by atoms with van der Waals surface area (Å²) in [6, 6.07) is 0. The van der Waals surface area contributed by atoms with Gasteiger partial charge in [-0.05, 0) is 49.4 Å². The second-order valence-corrected chi connectivity index (χ2v) is 5.42. The van der Waals surface area contributed by atoms with Crippen LogP contribution in [0.25, 0.3) is 0 Å². The zero-order valence-electron chi connectivity index (χ0n) is 8.28. The Kier molecular flexibility index (Phi) is 1.90. The molecule has 3 aliphatic rings. The van der Waals surface area contributed by atoms with E-state index in [4.69, 9.17) is 0 Å². The van der Waals surface area contributed by atoms with Gasteiger partial charge in [-0.15, -0.1) is 0 Å². The molecular formula is C12H20O. The second kappa shape index (κ2) is 2.98. The molecule has 3 fully saturated rings. The maximum Gasteiger partial charge on any atom is 0.0573 e. The SMILES string of the molecule is O[C@@H]1C[C@@H]2CCC[C@H]2[C@@H]2CCC[C@@H]21. The average Bonchev–Trinajstić information content (AvgIpc) is 2.66. The lowest BCUT2D eigenvalue weighted by Crippen LogP contribution is -2.38. The van der Waals surface area contributed by atoms with Crippen LogP contribution >= 0.6 is 0 Å². The molecule has 0 unspecified atom stereocenters. The molecule has 0 aromatic carbocycles. The summed E-state index contributed by atoms with van der Waals surface area (Å²) >= 11 is 0. The van der Waals surface area contributed by atoms with Gasteiger partial charge >= 0.3 is 0 Å². The van der Waals surface area contributed by atoms with Crippen LogP contribution in [-0.2, 0) is 0 Å². The van der Waals surface area contributed by atoms with E-state index in [1.807, 2.05) is 0 Å². The predicted molar refractivity (Wildman–Crippen MR) is 52.3 cm³/mol. The lowest BCUT2D eigenvalue weighted by molar-refractivity contribution is -0.00595. The summed E-state index contributed by atoms with van der Waals surface area (Å²) in [5.74, 6) is 3.51. The maximum absolute atomic E-state index is 10.0. The van der Waals surface area contributed by atoms with Crippen LogP contribution in [0, 0.1) is 23.7 Å². The van der Waals surface area contributed by atoms with Crippen molar-refractivity contribution in [1.29, 1.82) is 0 Å². The molecule has 0 radical (unpaired) electrons. The fourth-order valence-corrected chi connectivity index (χ4v) is 4.43. The van der Waals surface area contributed by atoms with Crippen molar-refractivity contribution >= 4 is 0 Å². The van der Waals surface area contributed by atoms with E-state index in [0.717, 1.165) is 24.2 Å². The Balaban J connectivity index is 1.84. The van der Waals surface area contributed by atoms with Crippen LogP contribution in [0.1, 0.15) is 44.9 Å². The molecule has 0 saturated heterocycles. The van der Waals surface area contributed by atoms with E-state index in [0.29, 0.717) is 5.92 Å². The molecule has 0 aliphatic heterocycles. The average molecular weight is 180 g/mol. The first-order chi connectivity index (χ1) is 6.36. The van der Waals surface area contributed by atoms with Crippen molar-refractivity contribution in [3.63, 3.8) is 0 Å². The minimum atomic E-state index is 0.0619. The highest BCUT2D eigenvalue weighted by Crippen LogP contribution is 2.53. The first kappa shape index (κ1) is 8.28. The van der Waals surface area contributed by atoms with Gasteiger partial charge in [0, 0.05) is 0 Å². The van der Waals surface area contributed by atoms with Gasteiger partial charge in [-0.25, -0.2) is 0 Å². The molecule has 0 aromatic rings. The zero-order valence-corrected chi connectivity index (χ0v) is 8.28. The van der Waals surface area contributed by atoms with Gasteiger partial charge in [0.25, 0.3) is 0 Å². The van der Waals surface area contributed by atoms with Gasteiger partial charge in [0.2, 0.25) is 0 Å². The van der Waals surface area contributed by atoms with Gasteiger partial charge in [-0.2, -0.15) is 0 Å². The molecule has 1 N–H and O–H groups in total. The van der Waals surface area contributed by atoms with Crippen LogP contribution < -0.4 is 0 Å². The van der Waals surface area contributed by atoms with Gasteiger partial charge in [-0.1, -0.05) is 19.3 Å². The molecule has 3 rings (SSSR count). The lowest BCUT2D eigenvalue weighted by atomic mass is 9.68. The molecule has 0 spiro atoms.